The van der Waals surface area contributed by atoms with Crippen molar-refractivity contribution >= 4 is 33.6 Å². The average molecular weight is 508 g/mol. The fourth-order valence-corrected chi connectivity index (χ4v) is 5.63. The van der Waals surface area contributed by atoms with Gasteiger partial charge < -0.3 is 10.6 Å². The molecule has 3 aromatic rings. The minimum absolute atomic E-state index is 0.344. The third-order valence-corrected chi connectivity index (χ3v) is 7.79. The summed E-state index contributed by atoms with van der Waals surface area (Å²) in [4.78, 5) is 36.9. The molecular weight excluding hydrogens is 482 g/mol. The zero-order chi connectivity index (χ0) is 25.3. The molecule has 11 heteroatoms. The standard InChI is InChI=1S/C25H25N5O5S/c31-22(14-26-24(32)16-6-2-1-3-7-16)30-15-19(13-27-30)36(34,35)29-25(33)28-23-20-10-4-8-17(20)12-18-9-5-11-21(18)23/h1-3,6-7,12-13,15H,4-5,8-11,14H2,(H,26,32)(H2,28,29,33). The first-order valence-corrected chi connectivity index (χ1v) is 13.2. The van der Waals surface area contributed by atoms with E-state index in [0.717, 1.165) is 72.4 Å². The number of rotatable bonds is 6. The molecule has 3 amide bonds. The summed E-state index contributed by atoms with van der Waals surface area (Å²) in [6, 6.07) is 9.73. The number of hydrogen-bond acceptors (Lipinski definition) is 6. The van der Waals surface area contributed by atoms with Crippen LogP contribution >= 0.6 is 0 Å². The van der Waals surface area contributed by atoms with Crippen molar-refractivity contribution in [3.63, 3.8) is 0 Å². The molecule has 2 aliphatic carbocycles. The number of benzene rings is 2. The highest BCUT2D eigenvalue weighted by Crippen LogP contribution is 2.38. The third-order valence-electron chi connectivity index (χ3n) is 6.50. The highest BCUT2D eigenvalue weighted by atomic mass is 32.2. The third kappa shape index (κ3) is 4.74. The SMILES string of the molecule is O=C(Nc1c2c(cc3c1CCC3)CCC2)NS(=O)(=O)c1cnn(C(=O)CNC(=O)c2ccccc2)c1. The topological polar surface area (TPSA) is 139 Å². The number of nitrogens with zero attached hydrogens (tertiary/aromatic N) is 2. The first kappa shape index (κ1) is 23.7. The van der Waals surface area contributed by atoms with Crippen LogP contribution in [-0.4, -0.2) is 42.6 Å². The Labute approximate surface area is 208 Å². The summed E-state index contributed by atoms with van der Waals surface area (Å²) in [5.74, 6) is -1.08. The van der Waals surface area contributed by atoms with Gasteiger partial charge in [0.05, 0.1) is 18.9 Å². The van der Waals surface area contributed by atoms with Crippen molar-refractivity contribution in [2.24, 2.45) is 0 Å². The second kappa shape index (κ2) is 9.57. The maximum Gasteiger partial charge on any atom is 0.333 e. The van der Waals surface area contributed by atoms with E-state index in [1.807, 2.05) is 4.72 Å². The maximum absolute atomic E-state index is 12.8. The normalized spacial score (nSPS) is 14.1. The molecule has 2 aromatic carbocycles. The Bertz CT molecular complexity index is 1430. The number of anilines is 1. The van der Waals surface area contributed by atoms with Crippen molar-refractivity contribution in [1.82, 2.24) is 19.8 Å². The number of aromatic nitrogens is 2. The predicted molar refractivity (Wildman–Crippen MR) is 131 cm³/mol. The van der Waals surface area contributed by atoms with Gasteiger partial charge >= 0.3 is 6.03 Å². The first-order valence-electron chi connectivity index (χ1n) is 11.7. The molecule has 0 saturated carbocycles. The number of carbonyl (C=O) groups excluding carboxylic acids is 3. The molecule has 0 spiro atoms. The molecule has 0 atom stereocenters. The van der Waals surface area contributed by atoms with Gasteiger partial charge in [-0.2, -0.15) is 5.10 Å². The minimum atomic E-state index is -4.28. The van der Waals surface area contributed by atoms with Crippen molar-refractivity contribution < 1.29 is 22.8 Å². The molecule has 3 N–H and O–H groups in total. The van der Waals surface area contributed by atoms with Gasteiger partial charge in [-0.15, -0.1) is 0 Å². The van der Waals surface area contributed by atoms with Crippen molar-refractivity contribution in [2.75, 3.05) is 11.9 Å². The van der Waals surface area contributed by atoms with E-state index in [0.29, 0.717) is 5.56 Å². The molecule has 1 heterocycles. The van der Waals surface area contributed by atoms with Gasteiger partial charge in [-0.3, -0.25) is 9.59 Å². The van der Waals surface area contributed by atoms with Gasteiger partial charge in [0.2, 0.25) is 0 Å². The molecule has 1 aromatic heterocycles. The van der Waals surface area contributed by atoms with Crippen molar-refractivity contribution in [3.8, 4) is 0 Å². The minimum Gasteiger partial charge on any atom is -0.343 e. The monoisotopic (exact) mass is 507 g/mol. The van der Waals surface area contributed by atoms with E-state index < -0.39 is 27.9 Å². The summed E-state index contributed by atoms with van der Waals surface area (Å²) in [5.41, 5.74) is 5.71. The van der Waals surface area contributed by atoms with E-state index in [4.69, 9.17) is 0 Å². The molecular formula is C25H25N5O5S. The largest absolute Gasteiger partial charge is 0.343 e. The number of nitrogens with one attached hydrogen (secondary N) is 3. The molecule has 186 valence electrons. The molecule has 0 saturated heterocycles. The lowest BCUT2D eigenvalue weighted by molar-refractivity contribution is 0.0850. The summed E-state index contributed by atoms with van der Waals surface area (Å²) in [7, 11) is -4.28. The van der Waals surface area contributed by atoms with Crippen LogP contribution in [0.3, 0.4) is 0 Å². The lowest BCUT2D eigenvalue weighted by atomic mass is 9.99. The lowest BCUT2D eigenvalue weighted by Crippen LogP contribution is -2.35. The van der Waals surface area contributed by atoms with Crippen LogP contribution in [0.1, 0.15) is 50.2 Å². The van der Waals surface area contributed by atoms with Crippen LogP contribution in [0.5, 0.6) is 0 Å². The van der Waals surface area contributed by atoms with Crippen LogP contribution in [-0.2, 0) is 35.7 Å². The zero-order valence-electron chi connectivity index (χ0n) is 19.4. The van der Waals surface area contributed by atoms with E-state index in [1.54, 1.807) is 30.3 Å². The Morgan fingerprint density at radius 1 is 0.944 bits per heavy atom. The molecule has 0 unspecified atom stereocenters. The lowest BCUT2D eigenvalue weighted by Gasteiger charge is -2.16. The van der Waals surface area contributed by atoms with Gasteiger partial charge in [-0.1, -0.05) is 24.3 Å². The fourth-order valence-electron chi connectivity index (χ4n) is 4.80. The van der Waals surface area contributed by atoms with Gasteiger partial charge in [0.1, 0.15) is 4.90 Å². The van der Waals surface area contributed by atoms with Gasteiger partial charge in [0.15, 0.2) is 0 Å². The molecule has 2 aliphatic rings. The van der Waals surface area contributed by atoms with Gasteiger partial charge in [-0.25, -0.2) is 22.6 Å². The summed E-state index contributed by atoms with van der Waals surface area (Å²) < 4.78 is 28.4. The Morgan fingerprint density at radius 2 is 1.61 bits per heavy atom. The number of hydrogen-bond donors (Lipinski definition) is 3. The summed E-state index contributed by atoms with van der Waals surface area (Å²) in [6.45, 7) is -0.382. The average Bonchev–Trinajstić information content (AvgIpc) is 3.63. The van der Waals surface area contributed by atoms with Gasteiger partial charge in [0.25, 0.3) is 21.8 Å². The number of carbonyl (C=O) groups is 3. The van der Waals surface area contributed by atoms with Crippen LogP contribution in [0.4, 0.5) is 10.5 Å². The second-order valence-corrected chi connectivity index (χ2v) is 10.5. The van der Waals surface area contributed by atoms with Crippen molar-refractivity contribution in [3.05, 3.63) is 76.6 Å². The number of fused-ring (bicyclic) bond motifs is 2. The smallest absolute Gasteiger partial charge is 0.333 e. The molecule has 36 heavy (non-hydrogen) atoms. The number of sulfonamides is 1. The summed E-state index contributed by atoms with van der Waals surface area (Å²) in [5, 5.41) is 9.03. The molecule has 0 bridgehead atoms. The number of urea groups is 1. The van der Waals surface area contributed by atoms with Gasteiger partial charge in [0, 0.05) is 11.3 Å². The molecule has 10 nitrogen and oxygen atoms in total. The second-order valence-electron chi connectivity index (χ2n) is 8.86. The zero-order valence-corrected chi connectivity index (χ0v) is 20.2. The Hall–Kier alpha value is -3.99. The number of aryl methyl sites for hydroxylation is 2. The summed E-state index contributed by atoms with van der Waals surface area (Å²) in [6.07, 6.45) is 7.60. The molecule has 0 fully saturated rings. The van der Waals surface area contributed by atoms with Crippen LogP contribution in [0, 0.1) is 0 Å². The van der Waals surface area contributed by atoms with Crippen molar-refractivity contribution in [2.45, 2.75) is 43.4 Å². The van der Waals surface area contributed by atoms with Crippen LogP contribution < -0.4 is 15.4 Å². The van der Waals surface area contributed by atoms with Crippen molar-refractivity contribution in [1.29, 1.82) is 0 Å². The van der Waals surface area contributed by atoms with Crippen LogP contribution in [0.25, 0.3) is 0 Å². The van der Waals surface area contributed by atoms with Gasteiger partial charge in [-0.05, 0) is 72.9 Å². The van der Waals surface area contributed by atoms with E-state index in [9.17, 15) is 22.8 Å². The first-order chi connectivity index (χ1) is 17.3. The highest BCUT2D eigenvalue weighted by Gasteiger charge is 2.27. The Morgan fingerprint density at radius 3 is 2.28 bits per heavy atom. The molecule has 0 aliphatic heterocycles. The molecule has 5 rings (SSSR count). The quantitative estimate of drug-likeness (QED) is 0.468. The fraction of sp³-hybridized carbons (Fsp3) is 0.280. The van der Waals surface area contributed by atoms with E-state index in [2.05, 4.69) is 21.8 Å². The Balaban J connectivity index is 1.24. The van der Waals surface area contributed by atoms with E-state index in [1.165, 1.54) is 11.1 Å². The van der Waals surface area contributed by atoms with E-state index >= 15 is 0 Å². The predicted octanol–water partition coefficient (Wildman–Crippen LogP) is 2.44. The molecule has 0 radical (unpaired) electrons. The summed E-state index contributed by atoms with van der Waals surface area (Å²) >= 11 is 0. The highest BCUT2D eigenvalue weighted by molar-refractivity contribution is 7.90. The van der Waals surface area contributed by atoms with Crippen LogP contribution in [0.2, 0.25) is 0 Å². The van der Waals surface area contributed by atoms with Crippen LogP contribution in [0.15, 0.2) is 53.7 Å². The Kier molecular flexibility index (Phi) is 6.31. The number of amides is 3. The van der Waals surface area contributed by atoms with E-state index in [-0.39, 0.29) is 11.4 Å². The maximum atomic E-state index is 12.8.